The quantitative estimate of drug-likeness (QED) is 0.775. The van der Waals surface area contributed by atoms with E-state index in [2.05, 4.69) is 10.2 Å². The highest BCUT2D eigenvalue weighted by Gasteiger charge is 2.02. The van der Waals surface area contributed by atoms with Gasteiger partial charge < -0.3 is 0 Å². The summed E-state index contributed by atoms with van der Waals surface area (Å²) in [7, 11) is 0. The van der Waals surface area contributed by atoms with E-state index < -0.39 is 0 Å². The summed E-state index contributed by atoms with van der Waals surface area (Å²) >= 11 is 5.84. The molecule has 0 unspecified atom stereocenters. The zero-order chi connectivity index (χ0) is 10.7. The van der Waals surface area contributed by atoms with Crippen LogP contribution in [0.15, 0.2) is 30.5 Å². The van der Waals surface area contributed by atoms with Crippen LogP contribution in [0.25, 0.3) is 5.69 Å². The van der Waals surface area contributed by atoms with Gasteiger partial charge in [-0.05, 0) is 18.2 Å². The molecular formula is C10H7ClN4. The van der Waals surface area contributed by atoms with Crippen molar-refractivity contribution in [2.75, 3.05) is 0 Å². The Labute approximate surface area is 91.7 Å². The Morgan fingerprint density at radius 1 is 1.47 bits per heavy atom. The first-order valence-corrected chi connectivity index (χ1v) is 4.71. The van der Waals surface area contributed by atoms with Crippen LogP contribution in [-0.2, 0) is 6.42 Å². The van der Waals surface area contributed by atoms with Crippen LogP contribution in [0.4, 0.5) is 0 Å². The predicted molar refractivity (Wildman–Crippen MR) is 55.7 cm³/mol. The number of rotatable bonds is 2. The predicted octanol–water partition coefficient (Wildman–Crippen LogP) is 1.99. The molecule has 0 radical (unpaired) electrons. The van der Waals surface area contributed by atoms with Crippen LogP contribution in [0, 0.1) is 11.3 Å². The largest absolute Gasteiger partial charge is 0.198 e. The maximum atomic E-state index is 8.50. The second-order valence-corrected chi connectivity index (χ2v) is 3.38. The highest BCUT2D eigenvalue weighted by molar-refractivity contribution is 6.30. The number of benzene rings is 1. The lowest BCUT2D eigenvalue weighted by atomic mass is 10.3. The molecule has 74 valence electrons. The van der Waals surface area contributed by atoms with Crippen molar-refractivity contribution in [1.82, 2.24) is 15.0 Å². The molecule has 1 aromatic carbocycles. The summed E-state index contributed by atoms with van der Waals surface area (Å²) in [6.45, 7) is 0. The molecule has 2 rings (SSSR count). The van der Waals surface area contributed by atoms with Crippen LogP contribution in [0.3, 0.4) is 0 Å². The van der Waals surface area contributed by atoms with Gasteiger partial charge in [-0.25, -0.2) is 0 Å². The molecular weight excluding hydrogens is 212 g/mol. The SMILES string of the molecule is N#CCc1cnn(-c2cccc(Cl)c2)n1. The van der Waals surface area contributed by atoms with Crippen molar-refractivity contribution in [2.24, 2.45) is 0 Å². The van der Waals surface area contributed by atoms with E-state index in [1.165, 1.54) is 4.80 Å². The summed E-state index contributed by atoms with van der Waals surface area (Å²) in [6.07, 6.45) is 1.84. The summed E-state index contributed by atoms with van der Waals surface area (Å²) in [5.41, 5.74) is 1.43. The van der Waals surface area contributed by atoms with Crippen LogP contribution < -0.4 is 0 Å². The van der Waals surface area contributed by atoms with Crippen molar-refractivity contribution in [3.8, 4) is 11.8 Å². The van der Waals surface area contributed by atoms with Gasteiger partial charge in [0.1, 0.15) is 0 Å². The Kier molecular flexibility index (Phi) is 2.66. The first-order chi connectivity index (χ1) is 7.29. The Morgan fingerprint density at radius 2 is 2.33 bits per heavy atom. The van der Waals surface area contributed by atoms with Crippen molar-refractivity contribution in [3.05, 3.63) is 41.2 Å². The molecule has 0 spiro atoms. The van der Waals surface area contributed by atoms with Gasteiger partial charge in [-0.15, -0.1) is 0 Å². The third-order valence-corrected chi connectivity index (χ3v) is 2.07. The Balaban J connectivity index is 2.34. The molecule has 2 aromatic rings. The zero-order valence-corrected chi connectivity index (χ0v) is 8.52. The van der Waals surface area contributed by atoms with E-state index in [1.54, 1.807) is 18.3 Å². The van der Waals surface area contributed by atoms with E-state index in [0.29, 0.717) is 10.7 Å². The molecule has 0 fully saturated rings. The fourth-order valence-corrected chi connectivity index (χ4v) is 1.37. The van der Waals surface area contributed by atoms with Gasteiger partial charge in [0.05, 0.1) is 30.1 Å². The monoisotopic (exact) mass is 218 g/mol. The fourth-order valence-electron chi connectivity index (χ4n) is 1.18. The molecule has 0 bridgehead atoms. The molecule has 5 heteroatoms. The molecule has 0 atom stereocenters. The molecule has 0 N–H and O–H groups in total. The van der Waals surface area contributed by atoms with Crippen LogP contribution in [0.2, 0.25) is 5.02 Å². The van der Waals surface area contributed by atoms with Crippen LogP contribution in [0.5, 0.6) is 0 Å². The second kappa shape index (κ2) is 4.11. The minimum absolute atomic E-state index is 0.264. The Bertz CT molecular complexity index is 512. The topological polar surface area (TPSA) is 54.5 Å². The van der Waals surface area contributed by atoms with Crippen LogP contribution in [-0.4, -0.2) is 15.0 Å². The number of halogens is 1. The minimum Gasteiger partial charge on any atom is -0.198 e. The summed E-state index contributed by atoms with van der Waals surface area (Å²) in [5.74, 6) is 0. The Hall–Kier alpha value is -1.86. The molecule has 0 aliphatic carbocycles. The van der Waals surface area contributed by atoms with Gasteiger partial charge in [0.2, 0.25) is 0 Å². The van der Waals surface area contributed by atoms with Gasteiger partial charge in [0.25, 0.3) is 0 Å². The van der Waals surface area contributed by atoms with Crippen LogP contribution >= 0.6 is 11.6 Å². The van der Waals surface area contributed by atoms with E-state index in [-0.39, 0.29) is 6.42 Å². The van der Waals surface area contributed by atoms with Crippen molar-refractivity contribution in [3.63, 3.8) is 0 Å². The number of nitriles is 1. The first kappa shape index (κ1) is 9.69. The van der Waals surface area contributed by atoms with E-state index >= 15 is 0 Å². The van der Waals surface area contributed by atoms with Gasteiger partial charge in [0.15, 0.2) is 0 Å². The van der Waals surface area contributed by atoms with E-state index in [0.717, 1.165) is 5.69 Å². The number of nitrogens with zero attached hydrogens (tertiary/aromatic N) is 4. The number of aromatic nitrogens is 3. The molecule has 0 saturated heterocycles. The lowest BCUT2D eigenvalue weighted by molar-refractivity contribution is 0.743. The maximum Gasteiger partial charge on any atom is 0.0972 e. The maximum absolute atomic E-state index is 8.50. The van der Waals surface area contributed by atoms with E-state index in [1.807, 2.05) is 18.2 Å². The normalized spacial score (nSPS) is 9.87. The van der Waals surface area contributed by atoms with Gasteiger partial charge in [-0.1, -0.05) is 17.7 Å². The number of hydrogen-bond donors (Lipinski definition) is 0. The van der Waals surface area contributed by atoms with Gasteiger partial charge >= 0.3 is 0 Å². The van der Waals surface area contributed by atoms with Gasteiger partial charge in [-0.2, -0.15) is 20.3 Å². The zero-order valence-electron chi connectivity index (χ0n) is 7.76. The van der Waals surface area contributed by atoms with Crippen molar-refractivity contribution in [1.29, 1.82) is 5.26 Å². The third-order valence-electron chi connectivity index (χ3n) is 1.84. The molecule has 0 aliphatic rings. The van der Waals surface area contributed by atoms with Crippen molar-refractivity contribution >= 4 is 11.6 Å². The summed E-state index contributed by atoms with van der Waals surface area (Å²) in [5, 5.41) is 17.3. The fraction of sp³-hybridized carbons (Fsp3) is 0.100. The molecule has 0 aliphatic heterocycles. The average Bonchev–Trinajstić information content (AvgIpc) is 2.67. The minimum atomic E-state index is 0.264. The van der Waals surface area contributed by atoms with E-state index in [9.17, 15) is 0 Å². The molecule has 0 amide bonds. The van der Waals surface area contributed by atoms with Crippen molar-refractivity contribution < 1.29 is 0 Å². The third kappa shape index (κ3) is 2.14. The molecule has 1 heterocycles. The molecule has 0 saturated carbocycles. The summed E-state index contributed by atoms with van der Waals surface area (Å²) in [4.78, 5) is 1.46. The first-order valence-electron chi connectivity index (χ1n) is 4.34. The van der Waals surface area contributed by atoms with Crippen LogP contribution in [0.1, 0.15) is 5.69 Å². The molecule has 1 aromatic heterocycles. The average molecular weight is 219 g/mol. The highest BCUT2D eigenvalue weighted by atomic mass is 35.5. The summed E-state index contributed by atoms with van der Waals surface area (Å²) < 4.78 is 0. The summed E-state index contributed by atoms with van der Waals surface area (Å²) in [6, 6.07) is 9.24. The highest BCUT2D eigenvalue weighted by Crippen LogP contribution is 2.13. The van der Waals surface area contributed by atoms with Gasteiger partial charge in [0, 0.05) is 5.02 Å². The van der Waals surface area contributed by atoms with Crippen molar-refractivity contribution in [2.45, 2.75) is 6.42 Å². The standard InChI is InChI=1S/C10H7ClN4/c11-8-2-1-3-10(6-8)15-13-7-9(14-15)4-5-12/h1-3,6-7H,4H2. The number of hydrogen-bond acceptors (Lipinski definition) is 3. The molecule has 4 nitrogen and oxygen atoms in total. The Morgan fingerprint density at radius 3 is 3.07 bits per heavy atom. The van der Waals surface area contributed by atoms with E-state index in [4.69, 9.17) is 16.9 Å². The smallest absolute Gasteiger partial charge is 0.0972 e. The lowest BCUT2D eigenvalue weighted by Crippen LogP contribution is -1.98. The molecule has 15 heavy (non-hydrogen) atoms. The second-order valence-electron chi connectivity index (χ2n) is 2.94. The lowest BCUT2D eigenvalue weighted by Gasteiger charge is -1.98. The van der Waals surface area contributed by atoms with Gasteiger partial charge in [-0.3, -0.25) is 0 Å².